The van der Waals surface area contributed by atoms with Gasteiger partial charge in [0.05, 0.1) is 6.04 Å². The van der Waals surface area contributed by atoms with E-state index in [2.05, 4.69) is 37.8 Å². The number of hydrogen-bond donors (Lipinski definition) is 1. The van der Waals surface area contributed by atoms with Crippen LogP contribution in [0.2, 0.25) is 0 Å². The molecule has 0 radical (unpaired) electrons. The van der Waals surface area contributed by atoms with Crippen LogP contribution in [0.1, 0.15) is 58.3 Å². The lowest BCUT2D eigenvalue weighted by molar-refractivity contribution is 0.310. The number of nitrogens with zero attached hydrogens (tertiary/aromatic N) is 2. The molecule has 0 saturated carbocycles. The molecule has 1 heterocycles. The third-order valence-corrected chi connectivity index (χ3v) is 2.97. The number of hydrogen-bond acceptors (Lipinski definition) is 4. The van der Waals surface area contributed by atoms with E-state index in [4.69, 9.17) is 10.3 Å². The summed E-state index contributed by atoms with van der Waals surface area (Å²) in [6, 6.07) is -0.134. The van der Waals surface area contributed by atoms with E-state index in [1.807, 2.05) is 0 Å². The van der Waals surface area contributed by atoms with Crippen molar-refractivity contribution in [2.45, 2.75) is 53.0 Å². The fourth-order valence-corrected chi connectivity index (χ4v) is 1.42. The van der Waals surface area contributed by atoms with E-state index in [0.29, 0.717) is 17.7 Å². The van der Waals surface area contributed by atoms with Crippen LogP contribution in [0.4, 0.5) is 0 Å². The summed E-state index contributed by atoms with van der Waals surface area (Å²) in [6.45, 7) is 8.58. The van der Waals surface area contributed by atoms with E-state index in [9.17, 15) is 0 Å². The van der Waals surface area contributed by atoms with Gasteiger partial charge >= 0.3 is 0 Å². The average Bonchev–Trinajstić information content (AvgIpc) is 2.72. The fourth-order valence-electron chi connectivity index (χ4n) is 1.42. The number of aryl methyl sites for hydroxylation is 1. The molecule has 0 aromatic carbocycles. The number of rotatable bonds is 6. The largest absolute Gasteiger partial charge is 0.338 e. The molecule has 1 unspecified atom stereocenters. The van der Waals surface area contributed by atoms with Gasteiger partial charge in [-0.1, -0.05) is 39.3 Å². The lowest BCUT2D eigenvalue weighted by atomic mass is 10.0. The zero-order chi connectivity index (χ0) is 12.1. The van der Waals surface area contributed by atoms with E-state index in [1.54, 1.807) is 0 Å². The summed E-state index contributed by atoms with van der Waals surface area (Å²) in [5, 5.41) is 3.96. The molecule has 0 saturated heterocycles. The molecule has 1 aromatic rings. The van der Waals surface area contributed by atoms with Gasteiger partial charge in [-0.15, -0.1) is 0 Å². The van der Waals surface area contributed by atoms with Crippen molar-refractivity contribution in [1.29, 1.82) is 0 Å². The van der Waals surface area contributed by atoms with Crippen LogP contribution in [0.5, 0.6) is 0 Å². The first-order valence-electron chi connectivity index (χ1n) is 6.12. The molecular formula is C12H23N3O. The molecule has 4 nitrogen and oxygen atoms in total. The van der Waals surface area contributed by atoms with Crippen molar-refractivity contribution in [2.24, 2.45) is 17.6 Å². The summed E-state index contributed by atoms with van der Waals surface area (Å²) < 4.78 is 5.20. The molecule has 0 aliphatic heterocycles. The van der Waals surface area contributed by atoms with Gasteiger partial charge in [-0.05, 0) is 18.3 Å². The average molecular weight is 225 g/mol. The monoisotopic (exact) mass is 225 g/mol. The highest BCUT2D eigenvalue weighted by atomic mass is 16.5. The van der Waals surface area contributed by atoms with Crippen molar-refractivity contribution in [2.75, 3.05) is 0 Å². The van der Waals surface area contributed by atoms with Crippen LogP contribution in [0.15, 0.2) is 4.52 Å². The molecule has 1 aromatic heterocycles. The highest BCUT2D eigenvalue weighted by molar-refractivity contribution is 4.93. The quantitative estimate of drug-likeness (QED) is 0.808. The minimum Gasteiger partial charge on any atom is -0.338 e. The highest BCUT2D eigenvalue weighted by Crippen LogP contribution is 2.20. The maximum Gasteiger partial charge on any atom is 0.243 e. The molecule has 2 N–H and O–H groups in total. The summed E-state index contributed by atoms with van der Waals surface area (Å²) in [6.07, 6.45) is 2.97. The molecule has 92 valence electrons. The highest BCUT2D eigenvalue weighted by Gasteiger charge is 2.19. The third kappa shape index (κ3) is 3.59. The lowest BCUT2D eigenvalue weighted by Crippen LogP contribution is -2.18. The second-order valence-electron chi connectivity index (χ2n) is 4.89. The molecule has 1 rings (SSSR count). The van der Waals surface area contributed by atoms with Gasteiger partial charge in [0.2, 0.25) is 5.89 Å². The van der Waals surface area contributed by atoms with Gasteiger partial charge in [0.25, 0.3) is 0 Å². The van der Waals surface area contributed by atoms with Crippen molar-refractivity contribution in [3.8, 4) is 0 Å². The SMILES string of the molecule is CCC(C)[C@H](N)c1nc(CCC(C)C)no1. The van der Waals surface area contributed by atoms with E-state index >= 15 is 0 Å². The molecule has 0 bridgehead atoms. The predicted octanol–water partition coefficient (Wildman–Crippen LogP) is 2.70. The third-order valence-electron chi connectivity index (χ3n) is 2.97. The van der Waals surface area contributed by atoms with Gasteiger partial charge < -0.3 is 10.3 Å². The molecule has 4 heteroatoms. The topological polar surface area (TPSA) is 64.9 Å². The van der Waals surface area contributed by atoms with Gasteiger partial charge in [-0.3, -0.25) is 0 Å². The Morgan fingerprint density at radius 2 is 2.00 bits per heavy atom. The Hall–Kier alpha value is -0.900. The van der Waals surface area contributed by atoms with E-state index < -0.39 is 0 Å². The smallest absolute Gasteiger partial charge is 0.243 e. The van der Waals surface area contributed by atoms with Crippen molar-refractivity contribution in [3.05, 3.63) is 11.7 Å². The second kappa shape index (κ2) is 5.99. The molecule has 0 aliphatic rings. The lowest BCUT2D eigenvalue weighted by Gasteiger charge is -2.12. The van der Waals surface area contributed by atoms with E-state index in [-0.39, 0.29) is 6.04 Å². The van der Waals surface area contributed by atoms with Crippen molar-refractivity contribution in [1.82, 2.24) is 10.1 Å². The van der Waals surface area contributed by atoms with Crippen LogP contribution in [-0.4, -0.2) is 10.1 Å². The number of nitrogens with two attached hydrogens (primary N) is 1. The zero-order valence-electron chi connectivity index (χ0n) is 10.7. The molecule has 0 aliphatic carbocycles. The summed E-state index contributed by atoms with van der Waals surface area (Å²) in [7, 11) is 0. The number of aromatic nitrogens is 2. The minimum atomic E-state index is -0.134. The molecule has 0 amide bonds. The second-order valence-corrected chi connectivity index (χ2v) is 4.89. The Labute approximate surface area is 97.6 Å². The van der Waals surface area contributed by atoms with Crippen molar-refractivity contribution in [3.63, 3.8) is 0 Å². The molecular weight excluding hydrogens is 202 g/mol. The first-order valence-corrected chi connectivity index (χ1v) is 6.12. The molecule has 2 atom stereocenters. The Kier molecular flexibility index (Phi) is 4.93. The standard InChI is InChI=1S/C12H23N3O/c1-5-9(4)11(13)12-14-10(15-16-12)7-6-8(2)3/h8-9,11H,5-7,13H2,1-4H3/t9?,11-/m0/s1. The summed E-state index contributed by atoms with van der Waals surface area (Å²) in [5.41, 5.74) is 6.02. The van der Waals surface area contributed by atoms with Crippen LogP contribution >= 0.6 is 0 Å². The van der Waals surface area contributed by atoms with Crippen LogP contribution in [0.3, 0.4) is 0 Å². The summed E-state index contributed by atoms with van der Waals surface area (Å²) >= 11 is 0. The van der Waals surface area contributed by atoms with Crippen molar-refractivity contribution < 1.29 is 4.52 Å². The molecule has 0 fully saturated rings. The van der Waals surface area contributed by atoms with Crippen molar-refractivity contribution >= 4 is 0 Å². The zero-order valence-corrected chi connectivity index (χ0v) is 10.7. The Balaban J connectivity index is 2.57. The maximum atomic E-state index is 6.02. The van der Waals surface area contributed by atoms with Gasteiger partial charge in [0.1, 0.15) is 0 Å². The van der Waals surface area contributed by atoms with Gasteiger partial charge in [0, 0.05) is 6.42 Å². The van der Waals surface area contributed by atoms with Gasteiger partial charge in [0.15, 0.2) is 5.82 Å². The van der Waals surface area contributed by atoms with Gasteiger partial charge in [-0.2, -0.15) is 4.98 Å². The Morgan fingerprint density at radius 3 is 2.56 bits per heavy atom. The minimum absolute atomic E-state index is 0.134. The molecule has 0 spiro atoms. The van der Waals surface area contributed by atoms with Crippen LogP contribution in [0, 0.1) is 11.8 Å². The first kappa shape index (κ1) is 13.2. The van der Waals surface area contributed by atoms with Crippen LogP contribution in [-0.2, 0) is 6.42 Å². The normalized spacial score (nSPS) is 15.4. The Bertz CT molecular complexity index is 309. The fraction of sp³-hybridized carbons (Fsp3) is 0.833. The predicted molar refractivity (Wildman–Crippen MR) is 63.8 cm³/mol. The van der Waals surface area contributed by atoms with Crippen LogP contribution < -0.4 is 5.73 Å². The Morgan fingerprint density at radius 1 is 1.31 bits per heavy atom. The van der Waals surface area contributed by atoms with Gasteiger partial charge in [-0.25, -0.2) is 0 Å². The van der Waals surface area contributed by atoms with E-state index in [1.165, 1.54) is 0 Å². The summed E-state index contributed by atoms with van der Waals surface area (Å²) in [5.74, 6) is 2.39. The summed E-state index contributed by atoms with van der Waals surface area (Å²) in [4.78, 5) is 4.35. The maximum absolute atomic E-state index is 6.02. The van der Waals surface area contributed by atoms with Crippen LogP contribution in [0.25, 0.3) is 0 Å². The van der Waals surface area contributed by atoms with E-state index in [0.717, 1.165) is 25.1 Å². The molecule has 16 heavy (non-hydrogen) atoms. The first-order chi connectivity index (χ1) is 7.54.